The van der Waals surface area contributed by atoms with Crippen LogP contribution in [0, 0.1) is 5.92 Å². The van der Waals surface area contributed by atoms with Gasteiger partial charge in [0.15, 0.2) is 0 Å². The van der Waals surface area contributed by atoms with Crippen LogP contribution in [0.5, 0.6) is 0 Å². The lowest BCUT2D eigenvalue weighted by Crippen LogP contribution is -2.43. The van der Waals surface area contributed by atoms with E-state index in [-0.39, 0.29) is 5.91 Å². The first kappa shape index (κ1) is 16.5. The van der Waals surface area contributed by atoms with Crippen molar-refractivity contribution >= 4 is 5.91 Å². The highest BCUT2D eigenvalue weighted by molar-refractivity contribution is 5.73. The zero-order valence-electron chi connectivity index (χ0n) is 14.4. The van der Waals surface area contributed by atoms with Gasteiger partial charge in [-0.15, -0.1) is 0 Å². The molecule has 2 aliphatic rings. The number of carbonyl (C=O) groups excluding carboxylic acids is 1. The minimum absolute atomic E-state index is 0.215. The molecule has 0 aliphatic carbocycles. The molecule has 2 saturated heterocycles. The Balaban J connectivity index is 1.51. The zero-order chi connectivity index (χ0) is 16.2. The number of aromatic nitrogens is 2. The maximum Gasteiger partial charge on any atom is 0.219 e. The van der Waals surface area contributed by atoms with E-state index in [0.29, 0.717) is 12.0 Å². The van der Waals surface area contributed by atoms with Crippen molar-refractivity contribution in [1.82, 2.24) is 24.5 Å². The number of amides is 1. The Morgan fingerprint density at radius 3 is 2.78 bits per heavy atom. The molecule has 1 aromatic rings. The Kier molecular flexibility index (Phi) is 5.33. The lowest BCUT2D eigenvalue weighted by Gasteiger charge is -2.30. The molecular weight excluding hydrogens is 290 g/mol. The van der Waals surface area contributed by atoms with E-state index in [2.05, 4.69) is 21.8 Å². The van der Waals surface area contributed by atoms with E-state index in [1.807, 2.05) is 28.0 Å². The summed E-state index contributed by atoms with van der Waals surface area (Å²) in [5.41, 5.74) is 0. The van der Waals surface area contributed by atoms with Crippen LogP contribution in [0.4, 0.5) is 0 Å². The fourth-order valence-corrected chi connectivity index (χ4v) is 3.97. The fraction of sp³-hybridized carbons (Fsp3) is 0.765. The van der Waals surface area contributed by atoms with Gasteiger partial charge < -0.3 is 4.90 Å². The van der Waals surface area contributed by atoms with Crippen LogP contribution in [0.15, 0.2) is 18.5 Å². The Bertz CT molecular complexity index is 503. The highest BCUT2D eigenvalue weighted by Crippen LogP contribution is 2.23. The molecule has 0 bridgehead atoms. The van der Waals surface area contributed by atoms with Gasteiger partial charge in [0, 0.05) is 71.2 Å². The summed E-state index contributed by atoms with van der Waals surface area (Å²) in [5, 5.41) is 4.28. The summed E-state index contributed by atoms with van der Waals surface area (Å²) in [6.07, 6.45) is 4.96. The van der Waals surface area contributed by atoms with Gasteiger partial charge in [-0.1, -0.05) is 6.92 Å². The molecule has 6 nitrogen and oxygen atoms in total. The largest absolute Gasteiger partial charge is 0.342 e. The second kappa shape index (κ2) is 7.45. The number of rotatable bonds is 4. The molecule has 1 amide bonds. The standard InChI is InChI=1S/C17H29N5O/c1-15-13-19(9-12-22-8-3-5-18-22)14-17(15)21-7-4-6-20(10-11-21)16(2)23/h3,5,8,15,17H,4,6-7,9-14H2,1-2H3/t15-,17+/m1/s1. The van der Waals surface area contributed by atoms with Crippen LogP contribution < -0.4 is 0 Å². The Morgan fingerprint density at radius 2 is 2.04 bits per heavy atom. The van der Waals surface area contributed by atoms with Gasteiger partial charge >= 0.3 is 0 Å². The predicted molar refractivity (Wildman–Crippen MR) is 90.1 cm³/mol. The van der Waals surface area contributed by atoms with Gasteiger partial charge in [0.05, 0.1) is 6.54 Å². The minimum Gasteiger partial charge on any atom is -0.342 e. The lowest BCUT2D eigenvalue weighted by molar-refractivity contribution is -0.128. The molecule has 0 N–H and O–H groups in total. The van der Waals surface area contributed by atoms with Gasteiger partial charge in [0.25, 0.3) is 0 Å². The summed E-state index contributed by atoms with van der Waals surface area (Å²) in [5.74, 6) is 0.906. The van der Waals surface area contributed by atoms with E-state index in [9.17, 15) is 4.79 Å². The van der Waals surface area contributed by atoms with Crippen LogP contribution in [-0.4, -0.2) is 82.2 Å². The molecule has 128 valence electrons. The third-order valence-electron chi connectivity index (χ3n) is 5.30. The van der Waals surface area contributed by atoms with Crippen LogP contribution in [-0.2, 0) is 11.3 Å². The Labute approximate surface area is 139 Å². The quantitative estimate of drug-likeness (QED) is 0.822. The molecule has 23 heavy (non-hydrogen) atoms. The van der Waals surface area contributed by atoms with Crippen molar-refractivity contribution in [1.29, 1.82) is 0 Å². The first-order valence-electron chi connectivity index (χ1n) is 8.83. The van der Waals surface area contributed by atoms with Gasteiger partial charge in [0.2, 0.25) is 5.91 Å². The van der Waals surface area contributed by atoms with Crippen molar-refractivity contribution in [2.24, 2.45) is 5.92 Å². The summed E-state index contributed by atoms with van der Waals surface area (Å²) in [6, 6.07) is 2.60. The summed E-state index contributed by atoms with van der Waals surface area (Å²) < 4.78 is 2.01. The van der Waals surface area contributed by atoms with Crippen LogP contribution in [0.3, 0.4) is 0 Å². The number of hydrogen-bond donors (Lipinski definition) is 0. The van der Waals surface area contributed by atoms with Crippen molar-refractivity contribution < 1.29 is 4.79 Å². The number of carbonyl (C=O) groups is 1. The molecule has 0 aromatic carbocycles. The molecule has 3 rings (SSSR count). The second-order valence-electron chi connectivity index (χ2n) is 6.97. The van der Waals surface area contributed by atoms with E-state index in [1.165, 1.54) is 6.54 Å². The smallest absolute Gasteiger partial charge is 0.219 e. The molecular formula is C17H29N5O. The van der Waals surface area contributed by atoms with Crippen molar-refractivity contribution in [2.75, 3.05) is 45.8 Å². The van der Waals surface area contributed by atoms with Crippen molar-refractivity contribution in [3.63, 3.8) is 0 Å². The Morgan fingerprint density at radius 1 is 1.17 bits per heavy atom. The van der Waals surface area contributed by atoms with E-state index in [4.69, 9.17) is 0 Å². The van der Waals surface area contributed by atoms with E-state index in [0.717, 1.165) is 52.2 Å². The molecule has 0 spiro atoms. The highest BCUT2D eigenvalue weighted by atomic mass is 16.2. The van der Waals surface area contributed by atoms with Crippen molar-refractivity contribution in [3.05, 3.63) is 18.5 Å². The third-order valence-corrected chi connectivity index (χ3v) is 5.30. The van der Waals surface area contributed by atoms with Crippen molar-refractivity contribution in [2.45, 2.75) is 32.9 Å². The summed E-state index contributed by atoms with van der Waals surface area (Å²) in [4.78, 5) is 18.8. The first-order valence-corrected chi connectivity index (χ1v) is 8.83. The minimum atomic E-state index is 0.215. The molecule has 2 atom stereocenters. The second-order valence-corrected chi connectivity index (χ2v) is 6.97. The van der Waals surface area contributed by atoms with Crippen molar-refractivity contribution in [3.8, 4) is 0 Å². The zero-order valence-corrected chi connectivity index (χ0v) is 14.4. The predicted octanol–water partition coefficient (Wildman–Crippen LogP) is 0.758. The van der Waals surface area contributed by atoms with Gasteiger partial charge in [-0.2, -0.15) is 5.10 Å². The number of likely N-dealkylation sites (tertiary alicyclic amines) is 1. The lowest BCUT2D eigenvalue weighted by atomic mass is 10.0. The average Bonchev–Trinajstić information content (AvgIpc) is 3.09. The van der Waals surface area contributed by atoms with Crippen LogP contribution in [0.25, 0.3) is 0 Å². The molecule has 0 radical (unpaired) electrons. The normalized spacial score (nSPS) is 27.3. The van der Waals surface area contributed by atoms with E-state index >= 15 is 0 Å². The maximum atomic E-state index is 11.6. The molecule has 1 aromatic heterocycles. The fourth-order valence-electron chi connectivity index (χ4n) is 3.97. The molecule has 6 heteroatoms. The van der Waals surface area contributed by atoms with Gasteiger partial charge in [-0.05, 0) is 18.4 Å². The third kappa shape index (κ3) is 4.12. The average molecular weight is 319 g/mol. The Hall–Kier alpha value is -1.40. The molecule has 2 fully saturated rings. The van der Waals surface area contributed by atoms with E-state index in [1.54, 1.807) is 6.92 Å². The van der Waals surface area contributed by atoms with Crippen LogP contribution >= 0.6 is 0 Å². The van der Waals surface area contributed by atoms with Gasteiger partial charge in [0.1, 0.15) is 0 Å². The highest BCUT2D eigenvalue weighted by Gasteiger charge is 2.34. The molecule has 0 unspecified atom stereocenters. The summed E-state index contributed by atoms with van der Waals surface area (Å²) >= 11 is 0. The van der Waals surface area contributed by atoms with Crippen LogP contribution in [0.2, 0.25) is 0 Å². The number of nitrogens with zero attached hydrogens (tertiary/aromatic N) is 5. The van der Waals surface area contributed by atoms with Gasteiger partial charge in [-0.3, -0.25) is 19.3 Å². The topological polar surface area (TPSA) is 44.6 Å². The monoisotopic (exact) mass is 319 g/mol. The van der Waals surface area contributed by atoms with E-state index < -0.39 is 0 Å². The SMILES string of the molecule is CC(=O)N1CCCN([C@H]2CN(CCn3cccn3)C[C@H]2C)CC1. The maximum absolute atomic E-state index is 11.6. The molecule has 2 aliphatic heterocycles. The molecule has 0 saturated carbocycles. The van der Waals surface area contributed by atoms with Crippen LogP contribution in [0.1, 0.15) is 20.3 Å². The summed E-state index contributed by atoms with van der Waals surface area (Å²) in [7, 11) is 0. The first-order chi connectivity index (χ1) is 11.1. The van der Waals surface area contributed by atoms with Gasteiger partial charge in [-0.25, -0.2) is 0 Å². The summed E-state index contributed by atoms with van der Waals surface area (Å²) in [6.45, 7) is 12.3. The molecule has 3 heterocycles. The number of hydrogen-bond acceptors (Lipinski definition) is 4.